The number of aliphatic hydroxyl groups is 8. The monoisotopic (exact) mass is 1790 g/mol. The quantitative estimate of drug-likeness (QED) is 0.0482. The fourth-order valence-electron chi connectivity index (χ4n) is 16.2. The van der Waals surface area contributed by atoms with Crippen molar-refractivity contribution in [3.8, 4) is 67.7 Å². The van der Waals surface area contributed by atoms with Crippen LogP contribution in [0.25, 0.3) is 21.7 Å². The summed E-state index contributed by atoms with van der Waals surface area (Å²) < 4.78 is 51.4. The SMILES string of the molecule is C.CC[C@H](CC(C)C)C(=O)N[C@H]1C(=O)C[C@@H](CC(N)=O)C(=O)N[C@H]2C(=O)C[C@H]3C(=O)N[C@H](C(=O)N[C@@H](C(=O)O)c4cc(O)cc(O)c4-c4cc3ccc4O)[C@H](OC3C[C@](C)(N)[C@@H](O)[C@H](C)O3)c3ccc(c(Cl)c3)Oc3cc2cc(c3O[C@@H]2O[C@H](CO)[C@@H](O[C@@H]3O[C@H](CNCc4csc(-c5ccccc5)n4)[C@H](O)[C@H](O)[C@H]3O)[C@H](O)[C@H]2O)Oc2ccc(cc2Cl)[C@H]1O. The largest absolute Gasteiger partial charge is 0.508 e. The highest BCUT2D eigenvalue weighted by molar-refractivity contribution is 7.13. The summed E-state index contributed by atoms with van der Waals surface area (Å²) in [5, 5.41) is 155. The minimum atomic E-state index is -2.34. The van der Waals surface area contributed by atoms with Crippen LogP contribution in [-0.4, -0.2) is 224 Å². The first-order chi connectivity index (χ1) is 58.9. The van der Waals surface area contributed by atoms with Crippen LogP contribution >= 0.6 is 34.5 Å². The number of primary amides is 1. The van der Waals surface area contributed by atoms with Gasteiger partial charge in [0.1, 0.15) is 113 Å². The van der Waals surface area contributed by atoms with Crippen molar-refractivity contribution in [3.05, 3.63) is 158 Å². The Bertz CT molecular complexity index is 5160. The molecule has 3 saturated heterocycles. The van der Waals surface area contributed by atoms with Gasteiger partial charge in [-0.3, -0.25) is 33.6 Å². The van der Waals surface area contributed by atoms with Crippen molar-refractivity contribution >= 4 is 81.6 Å². The number of halogens is 2. The summed E-state index contributed by atoms with van der Waals surface area (Å²) in [5.41, 5.74) is 10.0. The maximum Gasteiger partial charge on any atom is 0.330 e. The van der Waals surface area contributed by atoms with Gasteiger partial charge in [0.25, 0.3) is 0 Å². The fourth-order valence-corrected chi connectivity index (χ4v) is 17.5. The molecule has 21 N–H and O–H groups in total. The molecule has 39 heteroatoms. The predicted molar refractivity (Wildman–Crippen MR) is 444 cm³/mol. The number of aromatic nitrogens is 1. The van der Waals surface area contributed by atoms with Gasteiger partial charge in [-0.05, 0) is 109 Å². The second-order valence-electron chi connectivity index (χ2n) is 32.3. The Morgan fingerprint density at radius 3 is 2.01 bits per heavy atom. The van der Waals surface area contributed by atoms with E-state index in [0.29, 0.717) is 12.1 Å². The van der Waals surface area contributed by atoms with Crippen LogP contribution in [0, 0.1) is 17.8 Å². The molecule has 15 rings (SSSR count). The molecular weight excluding hydrogens is 1700 g/mol. The number of phenols is 3. The Hall–Kier alpha value is -10.1. The second-order valence-corrected chi connectivity index (χ2v) is 34.0. The summed E-state index contributed by atoms with van der Waals surface area (Å²) in [4.78, 5) is 126. The van der Waals surface area contributed by atoms with E-state index in [1.54, 1.807) is 6.92 Å². The number of hydrogen-bond acceptors (Lipinski definition) is 31. The summed E-state index contributed by atoms with van der Waals surface area (Å²) in [6.45, 7) is 7.28. The third-order valence-corrected chi connectivity index (χ3v) is 24.3. The molecule has 23 atom stereocenters. The van der Waals surface area contributed by atoms with Crippen LogP contribution in [0.3, 0.4) is 0 Å². The van der Waals surface area contributed by atoms with E-state index in [-0.39, 0.29) is 66.7 Å². The zero-order chi connectivity index (χ0) is 89.4. The van der Waals surface area contributed by atoms with Crippen molar-refractivity contribution in [3.63, 3.8) is 0 Å². The number of nitrogens with zero attached hydrogens (tertiary/aromatic N) is 1. The number of Topliss-reactive ketones (excluding diaryl/α,β-unsaturated/α-hetero) is 2. The molecule has 8 aliphatic rings. The van der Waals surface area contributed by atoms with Crippen molar-refractivity contribution in [1.82, 2.24) is 31.6 Å². The number of benzene rings is 6. The first kappa shape index (κ1) is 94.0. The lowest BCUT2D eigenvalue weighted by molar-refractivity contribution is -0.350. The van der Waals surface area contributed by atoms with E-state index >= 15 is 24.0 Å². The van der Waals surface area contributed by atoms with Gasteiger partial charge in [0, 0.05) is 83.9 Å². The van der Waals surface area contributed by atoms with E-state index in [2.05, 4.69) is 31.6 Å². The van der Waals surface area contributed by atoms with Crippen LogP contribution in [0.4, 0.5) is 0 Å². The number of phenolic OH excluding ortho intramolecular Hbond substituents is 3. The topological polar surface area (TPSA) is 578 Å². The van der Waals surface area contributed by atoms with Gasteiger partial charge in [-0.25, -0.2) is 9.78 Å². The van der Waals surface area contributed by atoms with Gasteiger partial charge in [0.2, 0.25) is 41.6 Å². The number of rotatable bonds is 20. The molecule has 0 aliphatic carbocycles. The Kier molecular flexibility index (Phi) is 29.7. The van der Waals surface area contributed by atoms with Crippen LogP contribution in [0.2, 0.25) is 10.0 Å². The lowest BCUT2D eigenvalue weighted by atomic mass is 9.84. The smallest absolute Gasteiger partial charge is 0.330 e. The summed E-state index contributed by atoms with van der Waals surface area (Å²) >= 11 is 15.9. The van der Waals surface area contributed by atoms with Gasteiger partial charge in [0.05, 0.1) is 46.4 Å². The van der Waals surface area contributed by atoms with Gasteiger partial charge in [-0.2, -0.15) is 0 Å². The van der Waals surface area contributed by atoms with Crippen molar-refractivity contribution in [1.29, 1.82) is 0 Å². The predicted octanol–water partition coefficient (Wildman–Crippen LogP) is 4.90. The molecule has 9 heterocycles. The average Bonchev–Trinajstić information content (AvgIpc) is 1.51. The zero-order valence-electron chi connectivity index (χ0n) is 67.3. The van der Waals surface area contributed by atoms with Crippen molar-refractivity contribution < 1.29 is 138 Å². The van der Waals surface area contributed by atoms with Gasteiger partial charge in [-0.15, -0.1) is 11.3 Å². The normalized spacial score (nSPS) is 29.8. The number of thiazole rings is 1. The highest BCUT2D eigenvalue weighted by Crippen LogP contribution is 2.51. The van der Waals surface area contributed by atoms with Gasteiger partial charge in [-0.1, -0.05) is 99.9 Å². The maximum atomic E-state index is 16.6. The summed E-state index contributed by atoms with van der Waals surface area (Å²) in [6.07, 6.45) is -30.4. The molecule has 672 valence electrons. The lowest BCUT2D eigenvalue weighted by Crippen LogP contribution is -2.65. The average molecular weight is 1800 g/mol. The summed E-state index contributed by atoms with van der Waals surface area (Å²) in [6, 6.07) is 14.9. The molecule has 11 bridgehead atoms. The first-order valence-electron chi connectivity index (χ1n) is 40.0. The number of aliphatic carboxylic acids is 1. The van der Waals surface area contributed by atoms with Gasteiger partial charge in [0.15, 0.2) is 41.7 Å². The molecule has 5 amide bonds. The number of amides is 5. The lowest BCUT2D eigenvalue weighted by Gasteiger charge is -2.46. The fraction of sp³-hybridized carbons (Fsp3) is 0.453. The number of carbonyl (C=O) groups excluding carboxylic acids is 7. The van der Waals surface area contributed by atoms with E-state index in [9.17, 15) is 75.7 Å². The number of fused-ring (bicyclic) bond motifs is 15. The summed E-state index contributed by atoms with van der Waals surface area (Å²) in [7, 11) is 0. The molecule has 3 fully saturated rings. The van der Waals surface area contributed by atoms with Gasteiger partial charge >= 0.3 is 5.97 Å². The minimum absolute atomic E-state index is 0. The molecule has 125 heavy (non-hydrogen) atoms. The van der Waals surface area contributed by atoms with E-state index in [1.165, 1.54) is 55.5 Å². The van der Waals surface area contributed by atoms with E-state index in [0.717, 1.165) is 59.1 Å². The number of aromatic hydroxyl groups is 3. The van der Waals surface area contributed by atoms with Crippen LogP contribution in [0.15, 0.2) is 115 Å². The van der Waals surface area contributed by atoms with Crippen LogP contribution < -0.4 is 52.3 Å². The molecule has 0 saturated carbocycles. The molecule has 1 unspecified atom stereocenters. The number of nitrogens with one attached hydrogen (secondary N) is 5. The second kappa shape index (κ2) is 39.4. The van der Waals surface area contributed by atoms with Crippen LogP contribution in [0.5, 0.6) is 46.0 Å². The Labute approximate surface area is 730 Å². The third-order valence-electron chi connectivity index (χ3n) is 22.8. The minimum Gasteiger partial charge on any atom is -0.508 e. The number of nitrogens with two attached hydrogens (primary N) is 2. The summed E-state index contributed by atoms with van der Waals surface area (Å²) in [5.74, 6) is -19.7. The van der Waals surface area contributed by atoms with Crippen molar-refractivity contribution in [2.45, 2.75) is 215 Å². The van der Waals surface area contributed by atoms with Crippen molar-refractivity contribution in [2.24, 2.45) is 29.2 Å². The van der Waals surface area contributed by atoms with Crippen molar-refractivity contribution in [2.75, 3.05) is 13.2 Å². The number of carbonyl (C=O) groups is 8. The standard InChI is InChI=1S/C85H96Cl2N8O28S.CH4/c1-6-36(18-34(2)3)77(110)94-65-52(100)22-42(25-60(88)102)78(111)92-63-41-23-56(117-54-16-13-39(67(65)103)20-48(54)86)74(122-84-72(108)70(106)75(59(32-96)120-84)123-83-71(107)69(105)68(104)58(119-83)31-90-30-43-33-124-81(91-43)37-10-8-7-9-11-37)57(24-41)118-55-17-14-40(21-49(55)87)73(121-61-29-85(5,89)76(109)35(4)116-61)66-80(113)93-64(82(114)115)47-26-44(97)27-51(99)62(47)46-19-38(12-15-50(46)98)45(28-53(63)101)79(112)95-66;/h7-17,19-21,23-24,26-27,33-36,42,45,58-59,61,63-73,75-76,83-84,90,96-99,103-109H,6,18,22,25,28-32,89H2,1-5H3,(H2,88,102)(H,92,111)(H,93,113)(H,94,110)(H,95,112)(H,114,115);1H4/t35-,36+,42-,45+,58+,59+,61?,63+,64+,65-,66-,67+,68-,69-,70+,71+,72+,73+,75+,76-,83-,84-,85-;/m0./s1. The highest BCUT2D eigenvalue weighted by Gasteiger charge is 2.53. The highest BCUT2D eigenvalue weighted by atomic mass is 35.5. The van der Waals surface area contributed by atoms with E-state index in [1.807, 2.05) is 49.6 Å². The van der Waals surface area contributed by atoms with Gasteiger partial charge < -0.3 is 137 Å². The Morgan fingerprint density at radius 2 is 1.37 bits per heavy atom. The number of ketones is 2. The number of aliphatic hydroxyl groups excluding tert-OH is 8. The molecule has 0 radical (unpaired) electrons. The molecule has 6 aromatic carbocycles. The maximum absolute atomic E-state index is 16.6. The Balaban J connectivity index is 0.0000142. The molecule has 0 spiro atoms. The molecule has 7 aromatic rings. The first-order valence-corrected chi connectivity index (χ1v) is 41.6. The third kappa shape index (κ3) is 20.6. The zero-order valence-corrected chi connectivity index (χ0v) is 69.6. The molecule has 8 aliphatic heterocycles. The number of hydrogen-bond donors (Lipinski definition) is 19. The molecular formula is C86H100Cl2N8O28S. The van der Waals surface area contributed by atoms with Crippen LogP contribution in [-0.2, 0) is 68.6 Å². The molecule has 1 aromatic heterocycles. The number of carboxylic acid groups (broad SMARTS) is 1. The Morgan fingerprint density at radius 1 is 0.712 bits per heavy atom. The molecule has 36 nitrogen and oxygen atoms in total. The number of carboxylic acids is 1. The number of ether oxygens (including phenoxy) is 8. The van der Waals surface area contributed by atoms with E-state index in [4.69, 9.17) is 72.6 Å². The van der Waals surface area contributed by atoms with Crippen LogP contribution in [0.1, 0.15) is 144 Å². The van der Waals surface area contributed by atoms with E-state index < -0.39 is 280 Å².